The largest absolute Gasteiger partial charge is 0.322 e. The summed E-state index contributed by atoms with van der Waals surface area (Å²) in [6.07, 6.45) is 5.61. The molecule has 3 amide bonds. The summed E-state index contributed by atoms with van der Waals surface area (Å²) < 4.78 is 0. The highest BCUT2D eigenvalue weighted by Crippen LogP contribution is 2.31. The number of hydrogen-bond donors (Lipinski definition) is 3. The van der Waals surface area contributed by atoms with Gasteiger partial charge in [-0.25, -0.2) is 0 Å². The van der Waals surface area contributed by atoms with Crippen LogP contribution in [0.5, 0.6) is 0 Å². The van der Waals surface area contributed by atoms with Crippen molar-refractivity contribution in [3.63, 3.8) is 0 Å². The number of amides is 3. The third-order valence-corrected chi connectivity index (χ3v) is 6.43. The van der Waals surface area contributed by atoms with E-state index in [9.17, 15) is 14.4 Å². The van der Waals surface area contributed by atoms with Crippen LogP contribution in [0.1, 0.15) is 53.6 Å². The Balaban J connectivity index is 1.51. The minimum absolute atomic E-state index is 0.0294. The normalized spacial score (nSPS) is 23.7. The van der Waals surface area contributed by atoms with Crippen LogP contribution in [0.25, 0.3) is 0 Å². The Morgan fingerprint density at radius 1 is 1.24 bits per heavy atom. The van der Waals surface area contributed by atoms with Crippen molar-refractivity contribution in [2.75, 3.05) is 13.1 Å². The second-order valence-electron chi connectivity index (χ2n) is 8.22. The molecule has 1 atom stereocenters. The van der Waals surface area contributed by atoms with E-state index in [-0.39, 0.29) is 29.7 Å². The molecule has 1 aromatic rings. The lowest BCUT2D eigenvalue weighted by atomic mass is 9.84. The number of imide groups is 1. The molecule has 29 heavy (non-hydrogen) atoms. The highest BCUT2D eigenvalue weighted by molar-refractivity contribution is 6.05. The van der Waals surface area contributed by atoms with E-state index < -0.39 is 6.04 Å². The summed E-state index contributed by atoms with van der Waals surface area (Å²) >= 11 is 0. The number of fused-ring (bicyclic) bond motifs is 1. The van der Waals surface area contributed by atoms with Gasteiger partial charge in [0.05, 0.1) is 0 Å². The van der Waals surface area contributed by atoms with Gasteiger partial charge < -0.3 is 15.5 Å². The maximum absolute atomic E-state index is 13.0. The molecule has 0 aromatic heterocycles. The van der Waals surface area contributed by atoms with Gasteiger partial charge in [0.2, 0.25) is 11.8 Å². The van der Waals surface area contributed by atoms with E-state index in [1.54, 1.807) is 4.90 Å². The van der Waals surface area contributed by atoms with Gasteiger partial charge in [0.15, 0.2) is 0 Å². The standard InChI is InChI=1S/C22H28N4O3/c1-2-8-22(9-11-23-12-10-22)24-13-15-4-3-5-16-17(15)14-26(21(16)29)18-6-7-19(27)25-20(18)28/h2-5,18,23-24H,1,6-14H2,(H,25,27,28). The molecule has 2 saturated heterocycles. The topological polar surface area (TPSA) is 90.5 Å². The summed E-state index contributed by atoms with van der Waals surface area (Å²) in [5, 5.41) is 9.50. The van der Waals surface area contributed by atoms with E-state index in [4.69, 9.17) is 0 Å². The molecule has 3 aliphatic rings. The average molecular weight is 396 g/mol. The molecule has 0 bridgehead atoms. The van der Waals surface area contributed by atoms with Crippen LogP contribution in [-0.4, -0.2) is 47.3 Å². The maximum Gasteiger partial charge on any atom is 0.255 e. The zero-order valence-electron chi connectivity index (χ0n) is 16.6. The summed E-state index contributed by atoms with van der Waals surface area (Å²) in [6, 6.07) is 5.21. The fourth-order valence-corrected chi connectivity index (χ4v) is 4.73. The Hall–Kier alpha value is -2.51. The van der Waals surface area contributed by atoms with Crippen LogP contribution in [0, 0.1) is 0 Å². The molecule has 3 aliphatic heterocycles. The SMILES string of the molecule is C=CCC1(NCc2cccc3c2CN(C2CCC(=O)NC2=O)C3=O)CCNCC1. The Labute approximate surface area is 170 Å². The lowest BCUT2D eigenvalue weighted by Crippen LogP contribution is -2.52. The number of benzene rings is 1. The highest BCUT2D eigenvalue weighted by Gasteiger charge is 2.40. The number of nitrogens with one attached hydrogen (secondary N) is 3. The summed E-state index contributed by atoms with van der Waals surface area (Å²) in [7, 11) is 0. The molecule has 1 aromatic carbocycles. The zero-order valence-corrected chi connectivity index (χ0v) is 16.6. The Morgan fingerprint density at radius 3 is 2.76 bits per heavy atom. The molecule has 3 N–H and O–H groups in total. The molecule has 2 fully saturated rings. The Morgan fingerprint density at radius 2 is 2.03 bits per heavy atom. The van der Waals surface area contributed by atoms with Gasteiger partial charge in [0.1, 0.15) is 6.04 Å². The van der Waals surface area contributed by atoms with Crippen molar-refractivity contribution in [3.8, 4) is 0 Å². The van der Waals surface area contributed by atoms with Gasteiger partial charge >= 0.3 is 0 Å². The average Bonchev–Trinajstić information content (AvgIpc) is 3.05. The fraction of sp³-hybridized carbons (Fsp3) is 0.500. The van der Waals surface area contributed by atoms with Crippen LogP contribution in [0.2, 0.25) is 0 Å². The molecule has 1 unspecified atom stereocenters. The first-order valence-corrected chi connectivity index (χ1v) is 10.3. The minimum Gasteiger partial charge on any atom is -0.322 e. The number of rotatable bonds is 6. The smallest absolute Gasteiger partial charge is 0.255 e. The molecule has 7 heteroatoms. The summed E-state index contributed by atoms with van der Waals surface area (Å²) in [5.74, 6) is -0.768. The molecule has 154 valence electrons. The molecule has 0 radical (unpaired) electrons. The van der Waals surface area contributed by atoms with Crippen molar-refractivity contribution in [3.05, 3.63) is 47.5 Å². The quantitative estimate of drug-likeness (QED) is 0.497. The first kappa shape index (κ1) is 19.8. The number of nitrogens with zero attached hydrogens (tertiary/aromatic N) is 1. The first-order chi connectivity index (χ1) is 14.0. The van der Waals surface area contributed by atoms with Gasteiger partial charge in [-0.2, -0.15) is 0 Å². The van der Waals surface area contributed by atoms with Crippen LogP contribution in [0.15, 0.2) is 30.9 Å². The summed E-state index contributed by atoms with van der Waals surface area (Å²) in [5.41, 5.74) is 2.77. The van der Waals surface area contributed by atoms with E-state index in [1.165, 1.54) is 0 Å². The minimum atomic E-state index is -0.579. The van der Waals surface area contributed by atoms with Crippen molar-refractivity contribution in [2.45, 2.75) is 56.8 Å². The van der Waals surface area contributed by atoms with Crippen molar-refractivity contribution in [2.24, 2.45) is 0 Å². The van der Waals surface area contributed by atoms with Gasteiger partial charge in [-0.1, -0.05) is 18.2 Å². The maximum atomic E-state index is 13.0. The summed E-state index contributed by atoms with van der Waals surface area (Å²) in [4.78, 5) is 38.3. The monoisotopic (exact) mass is 396 g/mol. The van der Waals surface area contributed by atoms with Crippen molar-refractivity contribution in [1.82, 2.24) is 20.9 Å². The highest BCUT2D eigenvalue weighted by atomic mass is 16.2. The zero-order chi connectivity index (χ0) is 20.4. The molecular formula is C22H28N4O3. The van der Waals surface area contributed by atoms with Crippen LogP contribution in [0.4, 0.5) is 0 Å². The molecule has 0 spiro atoms. The number of piperidine rings is 2. The van der Waals surface area contributed by atoms with E-state index in [1.807, 2.05) is 18.2 Å². The van der Waals surface area contributed by atoms with Crippen molar-refractivity contribution < 1.29 is 14.4 Å². The van der Waals surface area contributed by atoms with Crippen LogP contribution in [0.3, 0.4) is 0 Å². The van der Waals surface area contributed by atoms with E-state index >= 15 is 0 Å². The number of carbonyl (C=O) groups is 3. The van der Waals surface area contributed by atoms with Gasteiger partial charge in [-0.3, -0.25) is 19.7 Å². The van der Waals surface area contributed by atoms with Gasteiger partial charge in [0, 0.05) is 30.6 Å². The molecular weight excluding hydrogens is 368 g/mol. The third kappa shape index (κ3) is 3.84. The van der Waals surface area contributed by atoms with E-state index in [2.05, 4.69) is 28.6 Å². The molecule has 0 saturated carbocycles. The first-order valence-electron chi connectivity index (χ1n) is 10.3. The van der Waals surface area contributed by atoms with E-state index in [0.29, 0.717) is 25.1 Å². The van der Waals surface area contributed by atoms with Crippen molar-refractivity contribution >= 4 is 17.7 Å². The van der Waals surface area contributed by atoms with Gasteiger partial charge in [-0.15, -0.1) is 6.58 Å². The third-order valence-electron chi connectivity index (χ3n) is 6.43. The Bertz CT molecular complexity index is 844. The Kier molecular flexibility index (Phi) is 5.52. The lowest BCUT2D eigenvalue weighted by Gasteiger charge is -2.38. The van der Waals surface area contributed by atoms with Crippen molar-refractivity contribution in [1.29, 1.82) is 0 Å². The lowest BCUT2D eigenvalue weighted by molar-refractivity contribution is -0.136. The van der Waals surface area contributed by atoms with E-state index in [0.717, 1.165) is 43.5 Å². The fourth-order valence-electron chi connectivity index (χ4n) is 4.73. The molecule has 0 aliphatic carbocycles. The van der Waals surface area contributed by atoms with Crippen LogP contribution >= 0.6 is 0 Å². The molecule has 4 rings (SSSR count). The molecule has 3 heterocycles. The van der Waals surface area contributed by atoms with Crippen LogP contribution < -0.4 is 16.0 Å². The predicted molar refractivity (Wildman–Crippen MR) is 109 cm³/mol. The molecule has 7 nitrogen and oxygen atoms in total. The predicted octanol–water partition coefficient (Wildman–Crippen LogP) is 1.24. The second-order valence-corrected chi connectivity index (χ2v) is 8.22. The van der Waals surface area contributed by atoms with Gasteiger partial charge in [0.25, 0.3) is 5.91 Å². The summed E-state index contributed by atoms with van der Waals surface area (Å²) in [6.45, 7) is 6.97. The number of carbonyl (C=O) groups excluding carboxylic acids is 3. The van der Waals surface area contributed by atoms with Crippen LogP contribution in [-0.2, 0) is 22.7 Å². The van der Waals surface area contributed by atoms with Gasteiger partial charge in [-0.05, 0) is 56.0 Å². The number of hydrogen-bond acceptors (Lipinski definition) is 5. The second kappa shape index (κ2) is 8.08.